The number of piperidine rings is 1. The number of aromatic nitrogens is 4. The van der Waals surface area contributed by atoms with Crippen LogP contribution in [0.2, 0.25) is 0 Å². The molecule has 3 heterocycles. The van der Waals surface area contributed by atoms with Crippen LogP contribution in [0.3, 0.4) is 0 Å². The van der Waals surface area contributed by atoms with E-state index < -0.39 is 0 Å². The van der Waals surface area contributed by atoms with Gasteiger partial charge in [0.2, 0.25) is 0 Å². The lowest BCUT2D eigenvalue weighted by molar-refractivity contribution is 0.0990. The third-order valence-electron chi connectivity index (χ3n) is 6.39. The van der Waals surface area contributed by atoms with Crippen molar-refractivity contribution in [1.29, 1.82) is 0 Å². The van der Waals surface area contributed by atoms with Gasteiger partial charge in [-0.2, -0.15) is 0 Å². The van der Waals surface area contributed by atoms with Crippen LogP contribution in [0.25, 0.3) is 10.9 Å². The first-order valence-electron chi connectivity index (χ1n) is 10.7. The normalized spacial score (nSPS) is 19.6. The van der Waals surface area contributed by atoms with Gasteiger partial charge in [-0.05, 0) is 43.9 Å². The van der Waals surface area contributed by atoms with Crippen LogP contribution in [0.15, 0.2) is 42.9 Å². The summed E-state index contributed by atoms with van der Waals surface area (Å²) in [5.74, 6) is 1.05. The first-order valence-corrected chi connectivity index (χ1v) is 10.7. The molecule has 1 aromatic carbocycles. The van der Waals surface area contributed by atoms with Crippen molar-refractivity contribution in [3.05, 3.63) is 42.9 Å². The Bertz CT molecular complexity index is 889. The van der Waals surface area contributed by atoms with Crippen LogP contribution in [-0.2, 0) is 6.54 Å². The molecule has 28 heavy (non-hydrogen) atoms. The Balaban J connectivity index is 1.20. The summed E-state index contributed by atoms with van der Waals surface area (Å²) in [6.07, 6.45) is 13.7. The van der Waals surface area contributed by atoms with Gasteiger partial charge in [-0.15, -0.1) is 5.10 Å². The number of fused-ring (bicyclic) bond motifs is 1. The molecule has 6 heteroatoms. The summed E-state index contributed by atoms with van der Waals surface area (Å²) < 4.78 is 10.9. The van der Waals surface area contributed by atoms with Crippen molar-refractivity contribution in [2.75, 3.05) is 19.6 Å². The second-order valence-corrected chi connectivity index (χ2v) is 8.18. The zero-order chi connectivity index (χ0) is 18.8. The molecule has 2 fully saturated rings. The van der Waals surface area contributed by atoms with Crippen molar-refractivity contribution >= 4 is 10.9 Å². The summed E-state index contributed by atoms with van der Waals surface area (Å²) in [5.41, 5.74) is 1.33. The molecule has 0 unspecified atom stereocenters. The van der Waals surface area contributed by atoms with E-state index in [0.717, 1.165) is 44.8 Å². The van der Waals surface area contributed by atoms with Crippen LogP contribution in [0, 0.1) is 0 Å². The lowest BCUT2D eigenvalue weighted by atomic mass is 10.1. The second kappa shape index (κ2) is 7.95. The molecule has 2 aromatic heterocycles. The van der Waals surface area contributed by atoms with E-state index in [-0.39, 0.29) is 0 Å². The molecule has 0 spiro atoms. The van der Waals surface area contributed by atoms with Crippen LogP contribution in [0.5, 0.6) is 5.75 Å². The third-order valence-corrected chi connectivity index (χ3v) is 6.39. The molecular weight excluding hydrogens is 350 g/mol. The molecule has 3 aromatic rings. The van der Waals surface area contributed by atoms with E-state index in [2.05, 4.69) is 50.2 Å². The minimum absolute atomic E-state index is 0.308. The summed E-state index contributed by atoms with van der Waals surface area (Å²) in [4.78, 5) is 2.50. The van der Waals surface area contributed by atoms with Gasteiger partial charge < -0.3 is 14.2 Å². The van der Waals surface area contributed by atoms with E-state index in [1.165, 1.54) is 36.6 Å². The Hall–Kier alpha value is -2.34. The smallest absolute Gasteiger partial charge is 0.129 e. The highest BCUT2D eigenvalue weighted by molar-refractivity contribution is 5.86. The average Bonchev–Trinajstić information content (AvgIpc) is 3.48. The Labute approximate surface area is 166 Å². The summed E-state index contributed by atoms with van der Waals surface area (Å²) in [6.45, 7) is 4.09. The van der Waals surface area contributed by atoms with E-state index in [1.54, 1.807) is 6.20 Å². The first kappa shape index (κ1) is 17.7. The van der Waals surface area contributed by atoms with E-state index >= 15 is 0 Å². The van der Waals surface area contributed by atoms with Gasteiger partial charge in [0.1, 0.15) is 11.9 Å². The standard InChI is InChI=1S/C22H29N5O/c1-2-5-18(4-1)27-14-10-20-21(27)6-3-7-22(20)28-19-8-12-25(13-9-19)16-17-26-15-11-23-24-26/h3,6-7,10-11,14-15,18-19H,1-2,4-5,8-9,12-13,16-17H2. The first-order chi connectivity index (χ1) is 13.9. The number of benzene rings is 1. The maximum atomic E-state index is 6.48. The van der Waals surface area contributed by atoms with Crippen molar-refractivity contribution in [2.45, 2.75) is 57.2 Å². The molecule has 0 N–H and O–H groups in total. The topological polar surface area (TPSA) is 48.1 Å². The minimum Gasteiger partial charge on any atom is -0.490 e. The van der Waals surface area contributed by atoms with Gasteiger partial charge in [-0.1, -0.05) is 24.1 Å². The number of hydrogen-bond donors (Lipinski definition) is 0. The quantitative estimate of drug-likeness (QED) is 0.652. The zero-order valence-electron chi connectivity index (χ0n) is 16.4. The SMILES string of the molecule is c1cc(OC2CCN(CCn3ccnn3)CC2)c2ccn(C3CCCC3)c2c1. The molecule has 1 aliphatic carbocycles. The second-order valence-electron chi connectivity index (χ2n) is 8.18. The fourth-order valence-corrected chi connectivity index (χ4v) is 4.79. The zero-order valence-corrected chi connectivity index (χ0v) is 16.4. The number of nitrogens with zero attached hydrogens (tertiary/aromatic N) is 5. The van der Waals surface area contributed by atoms with E-state index in [0.29, 0.717) is 12.1 Å². The van der Waals surface area contributed by atoms with Crippen LogP contribution >= 0.6 is 0 Å². The van der Waals surface area contributed by atoms with Gasteiger partial charge in [-0.25, -0.2) is 0 Å². The van der Waals surface area contributed by atoms with Crippen LogP contribution in [-0.4, -0.2) is 50.2 Å². The molecule has 1 aliphatic heterocycles. The number of ether oxygens (including phenoxy) is 1. The lowest BCUT2D eigenvalue weighted by Gasteiger charge is -2.32. The van der Waals surface area contributed by atoms with Crippen molar-refractivity contribution in [3.8, 4) is 5.75 Å². The van der Waals surface area contributed by atoms with Crippen molar-refractivity contribution in [1.82, 2.24) is 24.5 Å². The van der Waals surface area contributed by atoms with Gasteiger partial charge in [0.05, 0.1) is 18.3 Å². The van der Waals surface area contributed by atoms with Gasteiger partial charge in [0, 0.05) is 43.5 Å². The van der Waals surface area contributed by atoms with Crippen molar-refractivity contribution in [2.24, 2.45) is 0 Å². The third kappa shape index (κ3) is 3.65. The highest BCUT2D eigenvalue weighted by Gasteiger charge is 2.22. The monoisotopic (exact) mass is 379 g/mol. The van der Waals surface area contributed by atoms with Gasteiger partial charge in [0.25, 0.3) is 0 Å². The lowest BCUT2D eigenvalue weighted by Crippen LogP contribution is -2.39. The Kier molecular flexibility index (Phi) is 5.04. The largest absolute Gasteiger partial charge is 0.490 e. The molecule has 0 bridgehead atoms. The fraction of sp³-hybridized carbons (Fsp3) is 0.545. The van der Waals surface area contributed by atoms with Gasteiger partial charge >= 0.3 is 0 Å². The van der Waals surface area contributed by atoms with Crippen LogP contribution < -0.4 is 4.74 Å². The molecule has 148 valence electrons. The molecule has 2 aliphatic rings. The van der Waals surface area contributed by atoms with E-state index in [4.69, 9.17) is 4.74 Å². The summed E-state index contributed by atoms with van der Waals surface area (Å²) in [7, 11) is 0. The predicted octanol–water partition coefficient (Wildman–Crippen LogP) is 3.89. The molecule has 1 saturated carbocycles. The molecule has 0 radical (unpaired) electrons. The molecule has 0 atom stereocenters. The van der Waals surface area contributed by atoms with Crippen LogP contribution in [0.1, 0.15) is 44.6 Å². The highest BCUT2D eigenvalue weighted by atomic mass is 16.5. The maximum absolute atomic E-state index is 6.48. The molecule has 1 saturated heterocycles. The predicted molar refractivity (Wildman–Crippen MR) is 110 cm³/mol. The Morgan fingerprint density at radius 2 is 1.82 bits per heavy atom. The molecule has 0 amide bonds. The number of likely N-dealkylation sites (tertiary alicyclic amines) is 1. The van der Waals surface area contributed by atoms with Crippen LogP contribution in [0.4, 0.5) is 0 Å². The fourth-order valence-electron chi connectivity index (χ4n) is 4.79. The Morgan fingerprint density at radius 3 is 2.61 bits per heavy atom. The highest BCUT2D eigenvalue weighted by Crippen LogP contribution is 2.36. The molecule has 6 nitrogen and oxygen atoms in total. The Morgan fingerprint density at radius 1 is 0.964 bits per heavy atom. The summed E-state index contributed by atoms with van der Waals surface area (Å²) >= 11 is 0. The summed E-state index contributed by atoms with van der Waals surface area (Å²) in [5, 5.41) is 9.18. The molecular formula is C22H29N5O. The van der Waals surface area contributed by atoms with Gasteiger partial charge in [-0.3, -0.25) is 4.68 Å². The van der Waals surface area contributed by atoms with Crippen molar-refractivity contribution < 1.29 is 4.74 Å². The van der Waals surface area contributed by atoms with E-state index in [1.807, 2.05) is 10.9 Å². The van der Waals surface area contributed by atoms with Crippen molar-refractivity contribution in [3.63, 3.8) is 0 Å². The maximum Gasteiger partial charge on any atom is 0.129 e. The molecule has 5 rings (SSSR count). The average molecular weight is 380 g/mol. The number of rotatable bonds is 6. The number of hydrogen-bond acceptors (Lipinski definition) is 4. The van der Waals surface area contributed by atoms with E-state index in [9.17, 15) is 0 Å². The summed E-state index contributed by atoms with van der Waals surface area (Å²) in [6, 6.07) is 9.44. The van der Waals surface area contributed by atoms with Gasteiger partial charge in [0.15, 0.2) is 0 Å². The minimum atomic E-state index is 0.308.